The monoisotopic (exact) mass is 293 g/mol. The zero-order valence-corrected chi connectivity index (χ0v) is 12.9. The molecular formula is C14H19N3S2. The lowest BCUT2D eigenvalue weighted by Crippen LogP contribution is -2.23. The van der Waals surface area contributed by atoms with Gasteiger partial charge in [-0.15, -0.1) is 0 Å². The van der Waals surface area contributed by atoms with Crippen LogP contribution in [0.1, 0.15) is 37.7 Å². The highest BCUT2D eigenvalue weighted by Gasteiger charge is 2.20. The van der Waals surface area contributed by atoms with Crippen molar-refractivity contribution in [1.29, 1.82) is 0 Å². The number of rotatable bonds is 6. The lowest BCUT2D eigenvalue weighted by Gasteiger charge is -2.21. The van der Waals surface area contributed by atoms with Gasteiger partial charge in [-0.25, -0.2) is 4.98 Å². The summed E-state index contributed by atoms with van der Waals surface area (Å²) in [6.07, 6.45) is 1.90. The minimum absolute atomic E-state index is 0.0326. The van der Waals surface area contributed by atoms with Crippen molar-refractivity contribution < 1.29 is 0 Å². The van der Waals surface area contributed by atoms with Crippen molar-refractivity contribution >= 4 is 23.3 Å². The van der Waals surface area contributed by atoms with Crippen LogP contribution in [0.5, 0.6) is 0 Å². The molecule has 0 fully saturated rings. The van der Waals surface area contributed by atoms with Gasteiger partial charge in [-0.05, 0) is 23.5 Å². The molecule has 0 saturated heterocycles. The van der Waals surface area contributed by atoms with Gasteiger partial charge in [0.05, 0.1) is 0 Å². The molecule has 1 aromatic heterocycles. The molecule has 2 N–H and O–H groups in total. The molecule has 0 aliphatic carbocycles. The number of hydrogen-bond acceptors (Lipinski definition) is 5. The van der Waals surface area contributed by atoms with Crippen LogP contribution in [0.3, 0.4) is 0 Å². The van der Waals surface area contributed by atoms with Gasteiger partial charge in [0.1, 0.15) is 5.82 Å². The number of aryl methyl sites for hydroxylation is 1. The van der Waals surface area contributed by atoms with Gasteiger partial charge in [0, 0.05) is 17.7 Å². The number of benzene rings is 1. The number of aromatic nitrogens is 2. The van der Waals surface area contributed by atoms with Crippen molar-refractivity contribution in [2.75, 3.05) is 0 Å². The van der Waals surface area contributed by atoms with Crippen LogP contribution in [0.15, 0.2) is 34.7 Å². The van der Waals surface area contributed by atoms with Gasteiger partial charge < -0.3 is 5.73 Å². The highest BCUT2D eigenvalue weighted by Crippen LogP contribution is 2.33. The molecule has 2 atom stereocenters. The highest BCUT2D eigenvalue weighted by molar-refractivity contribution is 8.01. The van der Waals surface area contributed by atoms with E-state index in [1.54, 1.807) is 11.8 Å². The van der Waals surface area contributed by atoms with Crippen molar-refractivity contribution in [3.05, 3.63) is 41.7 Å². The Labute approximate surface area is 122 Å². The molecule has 2 aromatic rings. The Kier molecular flexibility index (Phi) is 5.36. The van der Waals surface area contributed by atoms with E-state index in [9.17, 15) is 0 Å². The predicted octanol–water partition coefficient (Wildman–Crippen LogP) is 3.67. The third-order valence-corrected chi connectivity index (χ3v) is 5.29. The van der Waals surface area contributed by atoms with Crippen LogP contribution in [-0.4, -0.2) is 14.6 Å². The second-order valence-corrected chi connectivity index (χ2v) is 6.57. The molecule has 0 aliphatic heterocycles. The van der Waals surface area contributed by atoms with E-state index in [0.29, 0.717) is 5.25 Å². The van der Waals surface area contributed by atoms with E-state index in [1.165, 1.54) is 17.1 Å². The van der Waals surface area contributed by atoms with E-state index < -0.39 is 0 Å². The molecule has 0 radical (unpaired) electrons. The Balaban J connectivity index is 2.07. The molecule has 0 aliphatic rings. The summed E-state index contributed by atoms with van der Waals surface area (Å²) in [6, 6.07) is 10.3. The van der Waals surface area contributed by atoms with Crippen molar-refractivity contribution in [3.63, 3.8) is 0 Å². The first-order chi connectivity index (χ1) is 9.24. The molecule has 0 amide bonds. The maximum absolute atomic E-state index is 6.37. The van der Waals surface area contributed by atoms with Crippen LogP contribution >= 0.6 is 23.3 Å². The van der Waals surface area contributed by atoms with E-state index >= 15 is 0 Å². The van der Waals surface area contributed by atoms with Crippen LogP contribution in [0.2, 0.25) is 0 Å². The molecule has 2 unspecified atom stereocenters. The molecule has 0 bridgehead atoms. The van der Waals surface area contributed by atoms with Gasteiger partial charge in [0.25, 0.3) is 0 Å². The quantitative estimate of drug-likeness (QED) is 0.826. The molecule has 2 rings (SSSR count). The summed E-state index contributed by atoms with van der Waals surface area (Å²) in [5, 5.41) is 0.333. The number of nitrogens with two attached hydrogens (primary N) is 1. The van der Waals surface area contributed by atoms with E-state index in [2.05, 4.69) is 35.3 Å². The van der Waals surface area contributed by atoms with Crippen LogP contribution in [0, 0.1) is 0 Å². The van der Waals surface area contributed by atoms with Crippen molar-refractivity contribution in [1.82, 2.24) is 9.36 Å². The maximum Gasteiger partial charge on any atom is 0.170 e. The van der Waals surface area contributed by atoms with E-state index in [4.69, 9.17) is 5.73 Å². The van der Waals surface area contributed by atoms with Gasteiger partial charge in [-0.2, -0.15) is 4.37 Å². The molecule has 1 heterocycles. The zero-order chi connectivity index (χ0) is 13.7. The first-order valence-corrected chi connectivity index (χ1v) is 8.19. The van der Waals surface area contributed by atoms with Gasteiger partial charge >= 0.3 is 0 Å². The van der Waals surface area contributed by atoms with Crippen molar-refractivity contribution in [2.45, 2.75) is 42.3 Å². The number of hydrogen-bond donors (Lipinski definition) is 1. The Hall–Kier alpha value is -0.910. The number of thioether (sulfide) groups is 1. The summed E-state index contributed by atoms with van der Waals surface area (Å²) in [4.78, 5) is 4.51. The Morgan fingerprint density at radius 2 is 2.00 bits per heavy atom. The van der Waals surface area contributed by atoms with E-state index in [0.717, 1.165) is 23.0 Å². The third kappa shape index (κ3) is 3.78. The Morgan fingerprint density at radius 1 is 1.26 bits per heavy atom. The maximum atomic E-state index is 6.37. The summed E-state index contributed by atoms with van der Waals surface area (Å²) in [6.45, 7) is 4.24. The first kappa shape index (κ1) is 14.5. The summed E-state index contributed by atoms with van der Waals surface area (Å²) in [7, 11) is 0. The Bertz CT molecular complexity index is 498. The smallest absolute Gasteiger partial charge is 0.170 e. The van der Waals surface area contributed by atoms with E-state index in [1.807, 2.05) is 18.2 Å². The van der Waals surface area contributed by atoms with Crippen LogP contribution < -0.4 is 5.73 Å². The van der Waals surface area contributed by atoms with Gasteiger partial charge in [0.15, 0.2) is 4.34 Å². The predicted molar refractivity (Wildman–Crippen MR) is 82.6 cm³/mol. The summed E-state index contributed by atoms with van der Waals surface area (Å²) < 4.78 is 5.35. The lowest BCUT2D eigenvalue weighted by atomic mass is 10.0. The summed E-state index contributed by atoms with van der Waals surface area (Å²) in [5.41, 5.74) is 7.56. The minimum atomic E-state index is 0.0326. The molecule has 3 nitrogen and oxygen atoms in total. The fourth-order valence-corrected chi connectivity index (χ4v) is 3.90. The lowest BCUT2D eigenvalue weighted by molar-refractivity contribution is 0.656. The molecule has 1 aromatic carbocycles. The average molecular weight is 293 g/mol. The fraction of sp³-hybridized carbons (Fsp3) is 0.429. The minimum Gasteiger partial charge on any atom is -0.323 e. The van der Waals surface area contributed by atoms with Gasteiger partial charge in [0.2, 0.25) is 0 Å². The highest BCUT2D eigenvalue weighted by atomic mass is 32.2. The van der Waals surface area contributed by atoms with Crippen LogP contribution in [0.4, 0.5) is 0 Å². The summed E-state index contributed by atoms with van der Waals surface area (Å²) in [5.74, 6) is 0.927. The average Bonchev–Trinajstić information content (AvgIpc) is 2.92. The molecule has 102 valence electrons. The van der Waals surface area contributed by atoms with Gasteiger partial charge in [-0.3, -0.25) is 0 Å². The molecule has 19 heavy (non-hydrogen) atoms. The number of nitrogens with zero attached hydrogens (tertiary/aromatic N) is 2. The standard InChI is InChI=1S/C14H19N3S2/c1-3-11(13(15)10-8-6-5-7-9-10)18-14-16-12(4-2)17-19-14/h5-9,11,13H,3-4,15H2,1-2H3. The largest absolute Gasteiger partial charge is 0.323 e. The van der Waals surface area contributed by atoms with Crippen molar-refractivity contribution in [3.8, 4) is 0 Å². The molecule has 0 saturated carbocycles. The van der Waals surface area contributed by atoms with Crippen LogP contribution in [0.25, 0.3) is 0 Å². The molecular weight excluding hydrogens is 274 g/mol. The summed E-state index contributed by atoms with van der Waals surface area (Å²) >= 11 is 3.22. The third-order valence-electron chi connectivity index (χ3n) is 3.01. The van der Waals surface area contributed by atoms with Crippen molar-refractivity contribution in [2.24, 2.45) is 5.73 Å². The second-order valence-electron chi connectivity index (χ2n) is 4.33. The Morgan fingerprint density at radius 3 is 2.58 bits per heavy atom. The first-order valence-electron chi connectivity index (χ1n) is 6.54. The van der Waals surface area contributed by atoms with Gasteiger partial charge in [-0.1, -0.05) is 55.9 Å². The van der Waals surface area contributed by atoms with Crippen LogP contribution in [-0.2, 0) is 6.42 Å². The SMILES string of the molecule is CCc1nsc(SC(CC)C(N)c2ccccc2)n1. The fourth-order valence-electron chi connectivity index (χ4n) is 1.86. The van der Waals surface area contributed by atoms with E-state index in [-0.39, 0.29) is 6.04 Å². The molecule has 5 heteroatoms. The second kappa shape index (κ2) is 7.03. The molecule has 0 spiro atoms. The topological polar surface area (TPSA) is 51.8 Å². The normalized spacial score (nSPS) is 14.3. The zero-order valence-electron chi connectivity index (χ0n) is 11.2.